The molecule has 0 saturated carbocycles. The molecule has 2 heterocycles. The molecule has 0 spiro atoms. The zero-order chi connectivity index (χ0) is 14.9. The summed E-state index contributed by atoms with van der Waals surface area (Å²) in [5.41, 5.74) is 0.784. The number of aromatic nitrogens is 2. The van der Waals surface area contributed by atoms with Gasteiger partial charge in [-0.3, -0.25) is 5.10 Å². The van der Waals surface area contributed by atoms with Crippen LogP contribution in [0, 0.1) is 0 Å². The molecule has 0 unspecified atom stereocenters. The van der Waals surface area contributed by atoms with E-state index in [-0.39, 0.29) is 5.41 Å². The van der Waals surface area contributed by atoms with E-state index in [0.29, 0.717) is 18.0 Å². The van der Waals surface area contributed by atoms with Crippen LogP contribution in [0.15, 0.2) is 47.5 Å². The highest BCUT2D eigenvalue weighted by molar-refractivity contribution is 7.89. The lowest BCUT2D eigenvalue weighted by atomic mass is 9.80. The highest BCUT2D eigenvalue weighted by Gasteiger charge is 2.38. The summed E-state index contributed by atoms with van der Waals surface area (Å²) in [5, 5.41) is 6.98. The molecule has 1 saturated heterocycles. The van der Waals surface area contributed by atoms with Gasteiger partial charge < -0.3 is 0 Å². The third kappa shape index (κ3) is 2.61. The highest BCUT2D eigenvalue weighted by atomic mass is 32.2. The summed E-state index contributed by atoms with van der Waals surface area (Å²) >= 11 is 0. The summed E-state index contributed by atoms with van der Waals surface area (Å²) < 4.78 is 27.1. The largest absolute Gasteiger partial charge is 0.282 e. The van der Waals surface area contributed by atoms with Crippen molar-refractivity contribution in [2.45, 2.75) is 30.1 Å². The number of rotatable bonds is 3. The second-order valence-electron chi connectivity index (χ2n) is 5.79. The molecule has 1 aromatic carbocycles. The first kappa shape index (κ1) is 14.3. The first-order chi connectivity index (χ1) is 10.0. The molecule has 0 radical (unpaired) electrons. The number of nitrogens with zero attached hydrogens (tertiary/aromatic N) is 2. The second-order valence-corrected chi connectivity index (χ2v) is 7.72. The smallest absolute Gasteiger partial charge is 0.243 e. The normalized spacial score (nSPS) is 24.0. The van der Waals surface area contributed by atoms with Gasteiger partial charge in [-0.05, 0) is 31.0 Å². The number of hydrogen-bond acceptors (Lipinski definition) is 3. The third-order valence-electron chi connectivity index (χ3n) is 4.19. The summed E-state index contributed by atoms with van der Waals surface area (Å²) in [6.45, 7) is 3.14. The van der Waals surface area contributed by atoms with Crippen LogP contribution >= 0.6 is 0 Å². The lowest BCUT2D eigenvalue weighted by Crippen LogP contribution is -2.47. The molecule has 6 heteroatoms. The van der Waals surface area contributed by atoms with Crippen molar-refractivity contribution in [1.82, 2.24) is 14.5 Å². The van der Waals surface area contributed by atoms with E-state index in [2.05, 4.69) is 17.1 Å². The zero-order valence-corrected chi connectivity index (χ0v) is 12.8. The molecule has 5 nitrogen and oxygen atoms in total. The third-order valence-corrected chi connectivity index (χ3v) is 6.05. The van der Waals surface area contributed by atoms with E-state index in [4.69, 9.17) is 0 Å². The number of H-pyrrole nitrogens is 1. The van der Waals surface area contributed by atoms with Gasteiger partial charge in [-0.1, -0.05) is 25.1 Å². The molecule has 112 valence electrons. The highest BCUT2D eigenvalue weighted by Crippen LogP contribution is 2.34. The average molecular weight is 305 g/mol. The summed E-state index contributed by atoms with van der Waals surface area (Å²) in [6.07, 6.45) is 3.52. The molecule has 1 fully saturated rings. The molecule has 0 amide bonds. The van der Waals surface area contributed by atoms with Gasteiger partial charge in [0.15, 0.2) is 0 Å². The van der Waals surface area contributed by atoms with Crippen LogP contribution < -0.4 is 0 Å². The topological polar surface area (TPSA) is 66.1 Å². The molecule has 0 aliphatic carbocycles. The lowest BCUT2D eigenvalue weighted by molar-refractivity contribution is 0.236. The van der Waals surface area contributed by atoms with Crippen molar-refractivity contribution >= 4 is 10.0 Å². The van der Waals surface area contributed by atoms with Crippen LogP contribution in [-0.2, 0) is 15.4 Å². The fraction of sp³-hybridized carbons (Fsp3) is 0.400. The Hall–Kier alpha value is -1.66. The van der Waals surface area contributed by atoms with Crippen molar-refractivity contribution in [3.8, 4) is 0 Å². The first-order valence-corrected chi connectivity index (χ1v) is 8.51. The maximum absolute atomic E-state index is 12.7. The van der Waals surface area contributed by atoms with Gasteiger partial charge in [-0.15, -0.1) is 0 Å². The van der Waals surface area contributed by atoms with Crippen LogP contribution in [0.5, 0.6) is 0 Å². The Bertz CT molecular complexity index is 698. The Morgan fingerprint density at radius 1 is 1.24 bits per heavy atom. The summed E-state index contributed by atoms with van der Waals surface area (Å²) in [4.78, 5) is 0.360. The molecule has 3 rings (SSSR count). The van der Waals surface area contributed by atoms with E-state index in [1.807, 2.05) is 12.1 Å². The molecule has 21 heavy (non-hydrogen) atoms. The predicted octanol–water partition coefficient (Wildman–Crippen LogP) is 2.15. The van der Waals surface area contributed by atoms with Gasteiger partial charge in [0.1, 0.15) is 0 Å². The molecule has 2 aromatic rings. The fourth-order valence-electron chi connectivity index (χ4n) is 2.95. The van der Waals surface area contributed by atoms with Crippen LogP contribution in [0.2, 0.25) is 0 Å². The van der Waals surface area contributed by atoms with Gasteiger partial charge in [0.05, 0.1) is 4.90 Å². The molecular weight excluding hydrogens is 286 g/mol. The van der Waals surface area contributed by atoms with Gasteiger partial charge in [-0.2, -0.15) is 9.40 Å². The predicted molar refractivity (Wildman–Crippen MR) is 80.4 cm³/mol. The van der Waals surface area contributed by atoms with Crippen LogP contribution in [-0.4, -0.2) is 36.0 Å². The monoisotopic (exact) mass is 305 g/mol. The zero-order valence-electron chi connectivity index (χ0n) is 12.0. The van der Waals surface area contributed by atoms with Crippen LogP contribution in [0.4, 0.5) is 0 Å². The molecule has 0 bridgehead atoms. The molecule has 1 aliphatic rings. The number of sulfonamides is 1. The van der Waals surface area contributed by atoms with Crippen molar-refractivity contribution in [3.05, 3.63) is 48.3 Å². The van der Waals surface area contributed by atoms with Crippen molar-refractivity contribution in [1.29, 1.82) is 0 Å². The Morgan fingerprint density at radius 2 is 2.00 bits per heavy atom. The average Bonchev–Trinajstić information content (AvgIpc) is 3.03. The number of nitrogens with one attached hydrogen (secondary N) is 1. The minimum absolute atomic E-state index is 0.212. The standard InChI is InChI=1S/C15H19N3O2S/c1-15(14-8-10-16-17-14)9-5-11-18(12-15)21(19,20)13-6-3-2-4-7-13/h2-4,6-8,10H,5,9,11-12H2,1H3,(H,16,17)/t15-/m1/s1. The molecule has 1 aliphatic heterocycles. The number of benzene rings is 1. The Labute approximate surface area is 125 Å². The molecule has 1 atom stereocenters. The number of aromatic amines is 1. The molecule has 1 N–H and O–H groups in total. The van der Waals surface area contributed by atoms with Gasteiger partial charge in [0, 0.05) is 30.4 Å². The minimum Gasteiger partial charge on any atom is -0.282 e. The summed E-state index contributed by atoms with van der Waals surface area (Å²) in [6, 6.07) is 10.6. The van der Waals surface area contributed by atoms with Crippen LogP contribution in [0.1, 0.15) is 25.5 Å². The minimum atomic E-state index is -3.43. The Kier molecular flexibility index (Phi) is 3.59. The maximum Gasteiger partial charge on any atom is 0.243 e. The van der Waals surface area contributed by atoms with Gasteiger partial charge in [0.2, 0.25) is 10.0 Å². The maximum atomic E-state index is 12.7. The summed E-state index contributed by atoms with van der Waals surface area (Å²) in [5.74, 6) is 0. The van der Waals surface area contributed by atoms with E-state index in [9.17, 15) is 8.42 Å². The quantitative estimate of drug-likeness (QED) is 0.945. The van der Waals surface area contributed by atoms with E-state index in [0.717, 1.165) is 18.5 Å². The van der Waals surface area contributed by atoms with Crippen LogP contribution in [0.3, 0.4) is 0 Å². The van der Waals surface area contributed by atoms with Gasteiger partial charge >= 0.3 is 0 Å². The number of piperidine rings is 1. The molecule has 1 aromatic heterocycles. The van der Waals surface area contributed by atoms with Crippen LogP contribution in [0.25, 0.3) is 0 Å². The fourth-order valence-corrected chi connectivity index (χ4v) is 4.58. The first-order valence-electron chi connectivity index (χ1n) is 7.07. The molecular formula is C15H19N3O2S. The Balaban J connectivity index is 1.90. The SMILES string of the molecule is C[C@@]1(c2ccn[nH]2)CCCN(S(=O)(=O)c2ccccc2)C1. The van der Waals surface area contributed by atoms with E-state index in [1.165, 1.54) is 0 Å². The summed E-state index contributed by atoms with van der Waals surface area (Å²) in [7, 11) is -3.43. The van der Waals surface area contributed by atoms with E-state index >= 15 is 0 Å². The van der Waals surface area contributed by atoms with Crippen molar-refractivity contribution in [2.75, 3.05) is 13.1 Å². The Morgan fingerprint density at radius 3 is 2.67 bits per heavy atom. The van der Waals surface area contributed by atoms with E-state index in [1.54, 1.807) is 34.8 Å². The van der Waals surface area contributed by atoms with Crippen molar-refractivity contribution in [2.24, 2.45) is 0 Å². The van der Waals surface area contributed by atoms with Gasteiger partial charge in [-0.25, -0.2) is 8.42 Å². The van der Waals surface area contributed by atoms with Crippen molar-refractivity contribution in [3.63, 3.8) is 0 Å². The van der Waals surface area contributed by atoms with Gasteiger partial charge in [0.25, 0.3) is 0 Å². The number of hydrogen-bond donors (Lipinski definition) is 1. The lowest BCUT2D eigenvalue weighted by Gasteiger charge is -2.39. The van der Waals surface area contributed by atoms with Crippen molar-refractivity contribution < 1.29 is 8.42 Å². The second kappa shape index (κ2) is 5.27. The van der Waals surface area contributed by atoms with E-state index < -0.39 is 10.0 Å².